The summed E-state index contributed by atoms with van der Waals surface area (Å²) in [7, 11) is 5.52. The number of nitrogens with one attached hydrogen (secondary N) is 1. The zero-order chi connectivity index (χ0) is 19.1. The van der Waals surface area contributed by atoms with Gasteiger partial charge < -0.3 is 15.0 Å². The van der Waals surface area contributed by atoms with Gasteiger partial charge in [-0.05, 0) is 56.1 Å². The van der Waals surface area contributed by atoms with Crippen LogP contribution in [-0.2, 0) is 4.79 Å². The average Bonchev–Trinajstić information content (AvgIpc) is 2.62. The molecule has 2 aromatic rings. The van der Waals surface area contributed by atoms with Crippen molar-refractivity contribution >= 4 is 27.9 Å². The Morgan fingerprint density at radius 1 is 1.31 bits per heavy atom. The first-order valence-corrected chi connectivity index (χ1v) is 8.91. The molecule has 0 heterocycles. The fraction of sp³-hybridized carbons (Fsp3) is 0.250. The molecule has 1 atom stereocenters. The van der Waals surface area contributed by atoms with Crippen molar-refractivity contribution in [3.8, 4) is 5.75 Å². The summed E-state index contributed by atoms with van der Waals surface area (Å²) in [6.07, 6.45) is 2.80. The second-order valence-corrected chi connectivity index (χ2v) is 6.92. The Labute approximate surface area is 161 Å². The van der Waals surface area contributed by atoms with Gasteiger partial charge in [-0.2, -0.15) is 0 Å². The van der Waals surface area contributed by atoms with Crippen LogP contribution in [0.5, 0.6) is 5.75 Å². The second-order valence-electron chi connectivity index (χ2n) is 6.00. The van der Waals surface area contributed by atoms with Crippen LogP contribution in [0.25, 0.3) is 6.08 Å². The molecule has 0 aromatic heterocycles. The van der Waals surface area contributed by atoms with Crippen molar-refractivity contribution in [2.45, 2.75) is 6.04 Å². The van der Waals surface area contributed by atoms with Crippen LogP contribution in [0.3, 0.4) is 0 Å². The molecule has 1 amide bonds. The van der Waals surface area contributed by atoms with Crippen molar-refractivity contribution in [1.29, 1.82) is 0 Å². The molecule has 1 unspecified atom stereocenters. The third kappa shape index (κ3) is 5.68. The molecule has 0 aliphatic carbocycles. The molecule has 4 nitrogen and oxygen atoms in total. The predicted molar refractivity (Wildman–Crippen MR) is 106 cm³/mol. The highest BCUT2D eigenvalue weighted by Crippen LogP contribution is 2.22. The third-order valence-electron chi connectivity index (χ3n) is 3.94. The van der Waals surface area contributed by atoms with E-state index in [0.717, 1.165) is 15.8 Å². The number of hydrogen-bond donors (Lipinski definition) is 1. The SMILES string of the molecule is COc1cccc(C(CNC(=O)C=Cc2cc(Br)ccc2F)N(C)C)c1. The zero-order valence-corrected chi connectivity index (χ0v) is 16.6. The number of nitrogens with zero attached hydrogens (tertiary/aromatic N) is 1. The maximum atomic E-state index is 13.7. The average molecular weight is 421 g/mol. The summed E-state index contributed by atoms with van der Waals surface area (Å²) in [5, 5.41) is 2.86. The van der Waals surface area contributed by atoms with Crippen LogP contribution < -0.4 is 10.1 Å². The molecular weight excluding hydrogens is 399 g/mol. The van der Waals surface area contributed by atoms with Gasteiger partial charge >= 0.3 is 0 Å². The summed E-state index contributed by atoms with van der Waals surface area (Å²) < 4.78 is 19.7. The minimum Gasteiger partial charge on any atom is -0.497 e. The normalized spacial score (nSPS) is 12.4. The van der Waals surface area contributed by atoms with Gasteiger partial charge in [-0.3, -0.25) is 4.79 Å². The van der Waals surface area contributed by atoms with E-state index in [-0.39, 0.29) is 17.8 Å². The highest BCUT2D eigenvalue weighted by atomic mass is 79.9. The van der Waals surface area contributed by atoms with E-state index in [2.05, 4.69) is 21.2 Å². The Kier molecular flexibility index (Phi) is 7.36. The molecule has 0 fully saturated rings. The Balaban J connectivity index is 2.03. The molecule has 0 aliphatic rings. The molecule has 138 valence electrons. The number of methoxy groups -OCH3 is 1. The zero-order valence-electron chi connectivity index (χ0n) is 15.0. The summed E-state index contributed by atoms with van der Waals surface area (Å²) in [6.45, 7) is 0.421. The number of carbonyl (C=O) groups excluding carboxylic acids is 1. The molecule has 0 saturated carbocycles. The monoisotopic (exact) mass is 420 g/mol. The van der Waals surface area contributed by atoms with E-state index in [1.165, 1.54) is 18.2 Å². The first kappa shape index (κ1) is 20.1. The number of carbonyl (C=O) groups is 1. The van der Waals surface area contributed by atoms with Crippen molar-refractivity contribution in [3.63, 3.8) is 0 Å². The van der Waals surface area contributed by atoms with Crippen LogP contribution in [0.4, 0.5) is 4.39 Å². The van der Waals surface area contributed by atoms with Gasteiger partial charge in [-0.25, -0.2) is 4.39 Å². The first-order valence-electron chi connectivity index (χ1n) is 8.12. The van der Waals surface area contributed by atoms with Gasteiger partial charge in [0, 0.05) is 22.7 Å². The molecule has 2 rings (SSSR count). The maximum absolute atomic E-state index is 13.7. The number of rotatable bonds is 7. The molecule has 0 aliphatic heterocycles. The molecule has 0 saturated heterocycles. The summed E-state index contributed by atoms with van der Waals surface area (Å²) >= 11 is 3.29. The van der Waals surface area contributed by atoms with E-state index in [1.54, 1.807) is 19.2 Å². The lowest BCUT2D eigenvalue weighted by Crippen LogP contribution is -2.33. The van der Waals surface area contributed by atoms with E-state index in [0.29, 0.717) is 12.1 Å². The Morgan fingerprint density at radius 2 is 2.08 bits per heavy atom. The highest BCUT2D eigenvalue weighted by molar-refractivity contribution is 9.10. The highest BCUT2D eigenvalue weighted by Gasteiger charge is 2.15. The van der Waals surface area contributed by atoms with Gasteiger partial charge in [0.25, 0.3) is 0 Å². The minimum atomic E-state index is -0.375. The predicted octanol–water partition coefficient (Wildman–Crippen LogP) is 4.03. The van der Waals surface area contributed by atoms with Gasteiger partial charge in [0.05, 0.1) is 13.2 Å². The molecule has 26 heavy (non-hydrogen) atoms. The molecule has 1 N–H and O–H groups in total. The molecule has 0 radical (unpaired) electrons. The van der Waals surface area contributed by atoms with Crippen molar-refractivity contribution in [3.05, 3.63) is 70.0 Å². The van der Waals surface area contributed by atoms with Crippen LogP contribution in [0, 0.1) is 5.82 Å². The smallest absolute Gasteiger partial charge is 0.244 e. The van der Waals surface area contributed by atoms with E-state index in [9.17, 15) is 9.18 Å². The number of amides is 1. The number of halogens is 2. The van der Waals surface area contributed by atoms with Gasteiger partial charge in [-0.1, -0.05) is 28.1 Å². The Morgan fingerprint density at radius 3 is 2.77 bits per heavy atom. The first-order chi connectivity index (χ1) is 12.4. The van der Waals surface area contributed by atoms with E-state index >= 15 is 0 Å². The van der Waals surface area contributed by atoms with Gasteiger partial charge in [-0.15, -0.1) is 0 Å². The molecule has 2 aromatic carbocycles. The van der Waals surface area contributed by atoms with Gasteiger partial charge in [0.1, 0.15) is 11.6 Å². The summed E-state index contributed by atoms with van der Waals surface area (Å²) in [5.41, 5.74) is 1.39. The fourth-order valence-electron chi connectivity index (χ4n) is 2.51. The Hall–Kier alpha value is -2.18. The van der Waals surface area contributed by atoms with Crippen molar-refractivity contribution in [1.82, 2.24) is 10.2 Å². The molecular formula is C20H22BrFN2O2. The van der Waals surface area contributed by atoms with E-state index in [4.69, 9.17) is 4.74 Å². The lowest BCUT2D eigenvalue weighted by atomic mass is 10.1. The van der Waals surface area contributed by atoms with Crippen LogP contribution in [0.1, 0.15) is 17.2 Å². The molecule has 0 bridgehead atoms. The van der Waals surface area contributed by atoms with E-state index in [1.807, 2.05) is 43.3 Å². The minimum absolute atomic E-state index is 0.00921. The molecule has 6 heteroatoms. The quantitative estimate of drug-likeness (QED) is 0.687. The fourth-order valence-corrected chi connectivity index (χ4v) is 2.89. The van der Waals surface area contributed by atoms with Crippen molar-refractivity contribution in [2.24, 2.45) is 0 Å². The van der Waals surface area contributed by atoms with Crippen molar-refractivity contribution in [2.75, 3.05) is 27.7 Å². The molecule has 0 spiro atoms. The second kappa shape index (κ2) is 9.50. The van der Waals surface area contributed by atoms with Crippen molar-refractivity contribution < 1.29 is 13.9 Å². The summed E-state index contributed by atoms with van der Waals surface area (Å²) in [5.74, 6) is 0.115. The summed E-state index contributed by atoms with van der Waals surface area (Å²) in [4.78, 5) is 14.1. The number of likely N-dealkylation sites (N-methyl/N-ethyl adjacent to an activating group) is 1. The lowest BCUT2D eigenvalue weighted by molar-refractivity contribution is -0.116. The third-order valence-corrected chi connectivity index (χ3v) is 4.44. The lowest BCUT2D eigenvalue weighted by Gasteiger charge is -2.25. The van der Waals surface area contributed by atoms with Crippen LogP contribution in [0.2, 0.25) is 0 Å². The van der Waals surface area contributed by atoms with E-state index < -0.39 is 0 Å². The standard InChI is InChI=1S/C20H22BrFN2O2/c1-24(2)19(15-5-4-6-17(12-15)26-3)13-23-20(25)10-7-14-11-16(21)8-9-18(14)22/h4-12,19H,13H2,1-3H3,(H,23,25). The number of benzene rings is 2. The topological polar surface area (TPSA) is 41.6 Å². The van der Waals surface area contributed by atoms with Crippen LogP contribution in [-0.4, -0.2) is 38.6 Å². The Bertz CT molecular complexity index is 793. The van der Waals surface area contributed by atoms with Gasteiger partial charge in [0.15, 0.2) is 0 Å². The largest absolute Gasteiger partial charge is 0.497 e. The summed E-state index contributed by atoms with van der Waals surface area (Å²) in [6, 6.07) is 12.3. The number of ether oxygens (including phenoxy) is 1. The van der Waals surface area contributed by atoms with Gasteiger partial charge in [0.2, 0.25) is 5.91 Å². The van der Waals surface area contributed by atoms with Crippen LogP contribution in [0.15, 0.2) is 53.0 Å². The maximum Gasteiger partial charge on any atom is 0.244 e. The van der Waals surface area contributed by atoms with Crippen LogP contribution >= 0.6 is 15.9 Å². The number of hydrogen-bond acceptors (Lipinski definition) is 3.